The van der Waals surface area contributed by atoms with Crippen molar-refractivity contribution in [3.63, 3.8) is 0 Å². The zero-order chi connectivity index (χ0) is 16.9. The smallest absolute Gasteiger partial charge is 0.145 e. The van der Waals surface area contributed by atoms with Gasteiger partial charge in [-0.15, -0.1) is 0 Å². The first kappa shape index (κ1) is 16.0. The first-order valence-electron chi connectivity index (χ1n) is 7.57. The Morgan fingerprint density at radius 3 is 2.62 bits per heavy atom. The maximum absolute atomic E-state index is 10.5. The van der Waals surface area contributed by atoms with Gasteiger partial charge >= 0.3 is 0 Å². The van der Waals surface area contributed by atoms with Crippen LogP contribution in [0.4, 0.5) is 5.82 Å². The van der Waals surface area contributed by atoms with Gasteiger partial charge in [-0.3, -0.25) is 4.98 Å². The van der Waals surface area contributed by atoms with Crippen molar-refractivity contribution in [3.8, 4) is 11.5 Å². The zero-order valence-corrected chi connectivity index (χ0v) is 13.6. The average molecular weight is 325 g/mol. The van der Waals surface area contributed by atoms with Gasteiger partial charge in [0.1, 0.15) is 17.3 Å². The van der Waals surface area contributed by atoms with Crippen LogP contribution in [0, 0.1) is 0 Å². The van der Waals surface area contributed by atoms with Crippen LogP contribution in [-0.4, -0.2) is 35.8 Å². The molecule has 6 heteroatoms. The van der Waals surface area contributed by atoms with E-state index in [-0.39, 0.29) is 6.54 Å². The van der Waals surface area contributed by atoms with E-state index in [1.807, 2.05) is 24.3 Å². The molecule has 0 saturated carbocycles. The lowest BCUT2D eigenvalue weighted by Crippen LogP contribution is -2.14. The molecule has 0 spiro atoms. The molecule has 124 valence electrons. The average Bonchev–Trinajstić information content (AvgIpc) is 2.65. The number of aromatic nitrogens is 2. The van der Waals surface area contributed by atoms with Crippen molar-refractivity contribution < 1.29 is 14.6 Å². The third-order valence-electron chi connectivity index (χ3n) is 3.72. The number of nitrogens with zero attached hydrogens (tertiary/aromatic N) is 2. The number of rotatable bonds is 6. The van der Waals surface area contributed by atoms with Crippen molar-refractivity contribution >= 4 is 16.9 Å². The van der Waals surface area contributed by atoms with E-state index in [1.54, 1.807) is 38.6 Å². The van der Waals surface area contributed by atoms with E-state index in [0.717, 1.165) is 11.0 Å². The Hall–Kier alpha value is -2.86. The Morgan fingerprint density at radius 1 is 1.08 bits per heavy atom. The van der Waals surface area contributed by atoms with E-state index in [1.165, 1.54) is 0 Å². The van der Waals surface area contributed by atoms with Crippen LogP contribution in [0.25, 0.3) is 11.0 Å². The van der Waals surface area contributed by atoms with Crippen LogP contribution in [0.5, 0.6) is 11.5 Å². The number of para-hydroxylation sites is 2. The summed E-state index contributed by atoms with van der Waals surface area (Å²) in [5.74, 6) is 1.87. The number of aliphatic hydroxyl groups excluding tert-OH is 1. The van der Waals surface area contributed by atoms with Gasteiger partial charge in [0.25, 0.3) is 0 Å². The van der Waals surface area contributed by atoms with E-state index in [4.69, 9.17) is 9.47 Å². The lowest BCUT2D eigenvalue weighted by Gasteiger charge is -2.16. The first-order valence-corrected chi connectivity index (χ1v) is 7.57. The van der Waals surface area contributed by atoms with Crippen molar-refractivity contribution in [2.75, 3.05) is 26.1 Å². The van der Waals surface area contributed by atoms with Crippen LogP contribution in [-0.2, 0) is 0 Å². The predicted octanol–water partition coefficient (Wildman–Crippen LogP) is 2.79. The summed E-state index contributed by atoms with van der Waals surface area (Å²) in [6.07, 6.45) is 0.876. The minimum Gasteiger partial charge on any atom is -0.497 e. The Labute approximate surface area is 140 Å². The number of anilines is 1. The molecule has 6 nitrogen and oxygen atoms in total. The number of nitrogens with one attached hydrogen (secondary N) is 1. The topological polar surface area (TPSA) is 76.5 Å². The summed E-state index contributed by atoms with van der Waals surface area (Å²) in [6.45, 7) is 0.274. The number of hydrogen-bond donors (Lipinski definition) is 2. The van der Waals surface area contributed by atoms with E-state index in [9.17, 15) is 5.11 Å². The quantitative estimate of drug-likeness (QED) is 0.726. The standard InChI is InChI=1S/C18H19N3O3/c1-23-12-7-8-17(24-2)13(9-12)16(22)10-20-18-11-19-14-5-3-4-6-15(14)21-18/h3-9,11,16,22H,10H2,1-2H3,(H,20,21)/t16-/m0/s1. The maximum atomic E-state index is 10.5. The number of methoxy groups -OCH3 is 2. The molecule has 1 atom stereocenters. The van der Waals surface area contributed by atoms with Crippen molar-refractivity contribution in [1.82, 2.24) is 9.97 Å². The molecule has 0 aliphatic carbocycles. The van der Waals surface area contributed by atoms with E-state index < -0.39 is 6.10 Å². The lowest BCUT2D eigenvalue weighted by atomic mass is 10.1. The molecule has 1 heterocycles. The number of aliphatic hydroxyl groups is 1. The van der Waals surface area contributed by atoms with E-state index >= 15 is 0 Å². The molecule has 2 aromatic carbocycles. The molecular weight excluding hydrogens is 306 g/mol. The molecule has 0 unspecified atom stereocenters. The van der Waals surface area contributed by atoms with Crippen molar-refractivity contribution in [2.24, 2.45) is 0 Å². The molecule has 3 aromatic rings. The molecule has 0 bridgehead atoms. The minimum absolute atomic E-state index is 0.274. The minimum atomic E-state index is -0.775. The molecule has 24 heavy (non-hydrogen) atoms. The summed E-state index contributed by atoms with van der Waals surface area (Å²) in [5.41, 5.74) is 2.28. The van der Waals surface area contributed by atoms with Gasteiger partial charge in [0, 0.05) is 12.1 Å². The normalized spacial score (nSPS) is 12.0. The third-order valence-corrected chi connectivity index (χ3v) is 3.72. The van der Waals surface area contributed by atoms with Crippen LogP contribution in [0.3, 0.4) is 0 Å². The molecule has 1 aromatic heterocycles. The molecule has 0 aliphatic rings. The van der Waals surface area contributed by atoms with Gasteiger partial charge in [-0.25, -0.2) is 4.98 Å². The Morgan fingerprint density at radius 2 is 1.88 bits per heavy atom. The summed E-state index contributed by atoms with van der Waals surface area (Å²) in [5, 5.41) is 13.6. The summed E-state index contributed by atoms with van der Waals surface area (Å²) < 4.78 is 10.5. The summed E-state index contributed by atoms with van der Waals surface area (Å²) in [7, 11) is 3.15. The van der Waals surface area contributed by atoms with Crippen molar-refractivity contribution in [3.05, 3.63) is 54.2 Å². The van der Waals surface area contributed by atoms with Gasteiger partial charge in [0.15, 0.2) is 0 Å². The fraction of sp³-hybridized carbons (Fsp3) is 0.222. The summed E-state index contributed by atoms with van der Waals surface area (Å²) in [4.78, 5) is 8.82. The molecule has 0 radical (unpaired) electrons. The molecule has 3 rings (SSSR count). The number of hydrogen-bond acceptors (Lipinski definition) is 6. The maximum Gasteiger partial charge on any atom is 0.145 e. The number of fused-ring (bicyclic) bond motifs is 1. The second-order valence-corrected chi connectivity index (χ2v) is 5.25. The predicted molar refractivity (Wildman–Crippen MR) is 92.5 cm³/mol. The van der Waals surface area contributed by atoms with E-state index in [2.05, 4.69) is 15.3 Å². The van der Waals surface area contributed by atoms with E-state index in [0.29, 0.717) is 22.9 Å². The molecule has 2 N–H and O–H groups in total. The van der Waals surface area contributed by atoms with Crippen LogP contribution in [0.1, 0.15) is 11.7 Å². The third kappa shape index (κ3) is 3.38. The van der Waals surface area contributed by atoms with Crippen LogP contribution >= 0.6 is 0 Å². The van der Waals surface area contributed by atoms with Gasteiger partial charge in [-0.05, 0) is 30.3 Å². The van der Waals surface area contributed by atoms with Gasteiger partial charge < -0.3 is 19.9 Å². The number of benzene rings is 2. The highest BCUT2D eigenvalue weighted by atomic mass is 16.5. The van der Waals surface area contributed by atoms with Gasteiger partial charge in [-0.2, -0.15) is 0 Å². The van der Waals surface area contributed by atoms with Crippen LogP contribution < -0.4 is 14.8 Å². The highest BCUT2D eigenvalue weighted by Crippen LogP contribution is 2.29. The van der Waals surface area contributed by atoms with Crippen LogP contribution in [0.15, 0.2) is 48.7 Å². The Balaban J connectivity index is 1.75. The SMILES string of the molecule is COc1ccc(OC)c([C@@H](O)CNc2cnc3ccccc3n2)c1. The Bertz CT molecular complexity index is 839. The zero-order valence-electron chi connectivity index (χ0n) is 13.6. The van der Waals surface area contributed by atoms with Crippen molar-refractivity contribution in [2.45, 2.75) is 6.10 Å². The molecular formula is C18H19N3O3. The number of ether oxygens (including phenoxy) is 2. The van der Waals surface area contributed by atoms with Crippen molar-refractivity contribution in [1.29, 1.82) is 0 Å². The van der Waals surface area contributed by atoms with Crippen LogP contribution in [0.2, 0.25) is 0 Å². The highest BCUT2D eigenvalue weighted by molar-refractivity contribution is 5.75. The largest absolute Gasteiger partial charge is 0.497 e. The monoisotopic (exact) mass is 325 g/mol. The Kier molecular flexibility index (Phi) is 4.77. The fourth-order valence-electron chi connectivity index (χ4n) is 2.45. The first-order chi connectivity index (χ1) is 11.7. The molecule has 0 aliphatic heterocycles. The van der Waals surface area contributed by atoms with Gasteiger partial charge in [0.2, 0.25) is 0 Å². The second kappa shape index (κ2) is 7.14. The summed E-state index contributed by atoms with van der Waals surface area (Å²) >= 11 is 0. The lowest BCUT2D eigenvalue weighted by molar-refractivity contribution is 0.186. The molecule has 0 saturated heterocycles. The van der Waals surface area contributed by atoms with Gasteiger partial charge in [-0.1, -0.05) is 12.1 Å². The second-order valence-electron chi connectivity index (χ2n) is 5.25. The highest BCUT2D eigenvalue weighted by Gasteiger charge is 2.15. The fourth-order valence-corrected chi connectivity index (χ4v) is 2.45. The molecule has 0 amide bonds. The summed E-state index contributed by atoms with van der Waals surface area (Å²) in [6, 6.07) is 13.0. The molecule has 0 fully saturated rings. The van der Waals surface area contributed by atoms with Gasteiger partial charge in [0.05, 0.1) is 37.6 Å².